The Morgan fingerprint density at radius 2 is 1.95 bits per heavy atom. The van der Waals surface area contributed by atoms with Crippen LogP contribution in [0.3, 0.4) is 0 Å². The molecule has 0 saturated carbocycles. The minimum Gasteiger partial charge on any atom is -0.507 e. The second kappa shape index (κ2) is 4.42. The van der Waals surface area contributed by atoms with Crippen LogP contribution in [0.1, 0.15) is 35.6 Å². The molecule has 2 rings (SSSR count). The van der Waals surface area contributed by atoms with Crippen molar-refractivity contribution in [2.45, 2.75) is 46.1 Å². The van der Waals surface area contributed by atoms with Crippen molar-refractivity contribution >= 4 is 5.91 Å². The second-order valence-corrected chi connectivity index (χ2v) is 5.34. The molecule has 1 aliphatic rings. The summed E-state index contributed by atoms with van der Waals surface area (Å²) >= 11 is 0. The smallest absolute Gasteiger partial charge is 0.277 e. The average molecular weight is 264 g/mol. The number of carbonyl (C=O) groups is 1. The Hall–Kier alpha value is -1.75. The van der Waals surface area contributed by atoms with Crippen molar-refractivity contribution in [2.24, 2.45) is 5.84 Å². The Kier molecular flexibility index (Phi) is 3.18. The molecule has 1 aromatic carbocycles. The van der Waals surface area contributed by atoms with E-state index in [9.17, 15) is 9.90 Å². The maximum absolute atomic E-state index is 11.8. The summed E-state index contributed by atoms with van der Waals surface area (Å²) in [6, 6.07) is 0. The Morgan fingerprint density at radius 3 is 2.53 bits per heavy atom. The Bertz CT molecular complexity index is 554. The van der Waals surface area contributed by atoms with Gasteiger partial charge in [-0.2, -0.15) is 0 Å². The van der Waals surface area contributed by atoms with E-state index in [1.807, 2.05) is 20.8 Å². The molecule has 1 unspecified atom stereocenters. The second-order valence-electron chi connectivity index (χ2n) is 5.34. The van der Waals surface area contributed by atoms with Crippen LogP contribution >= 0.6 is 0 Å². The van der Waals surface area contributed by atoms with Crippen molar-refractivity contribution < 1.29 is 14.6 Å². The summed E-state index contributed by atoms with van der Waals surface area (Å²) in [6.45, 7) is 7.33. The lowest BCUT2D eigenvalue weighted by Gasteiger charge is -2.36. The third-order valence-corrected chi connectivity index (χ3v) is 4.13. The minimum absolute atomic E-state index is 0.312. The van der Waals surface area contributed by atoms with E-state index in [-0.39, 0.29) is 5.91 Å². The van der Waals surface area contributed by atoms with Gasteiger partial charge in [0.2, 0.25) is 0 Å². The number of nitrogens with two attached hydrogens (primary N) is 1. The Balaban J connectivity index is 2.55. The first-order valence-electron chi connectivity index (χ1n) is 6.33. The molecule has 0 aliphatic carbocycles. The van der Waals surface area contributed by atoms with Gasteiger partial charge >= 0.3 is 0 Å². The van der Waals surface area contributed by atoms with Gasteiger partial charge < -0.3 is 9.84 Å². The van der Waals surface area contributed by atoms with Crippen LogP contribution in [0, 0.1) is 20.8 Å². The number of hydrogen-bond acceptors (Lipinski definition) is 4. The molecule has 5 heteroatoms. The Morgan fingerprint density at radius 1 is 1.32 bits per heavy atom. The fraction of sp³-hybridized carbons (Fsp3) is 0.500. The van der Waals surface area contributed by atoms with E-state index in [0.717, 1.165) is 22.3 Å². The van der Waals surface area contributed by atoms with Gasteiger partial charge in [0.15, 0.2) is 5.60 Å². The first-order chi connectivity index (χ1) is 8.81. The van der Waals surface area contributed by atoms with Gasteiger partial charge in [-0.15, -0.1) is 0 Å². The van der Waals surface area contributed by atoms with E-state index in [2.05, 4.69) is 5.43 Å². The molecule has 1 amide bonds. The third kappa shape index (κ3) is 1.94. The van der Waals surface area contributed by atoms with Gasteiger partial charge in [0.25, 0.3) is 5.91 Å². The highest BCUT2D eigenvalue weighted by Crippen LogP contribution is 2.43. The molecule has 1 aromatic rings. The zero-order valence-corrected chi connectivity index (χ0v) is 11.8. The van der Waals surface area contributed by atoms with E-state index in [1.165, 1.54) is 0 Å². The highest BCUT2D eigenvalue weighted by atomic mass is 16.5. The number of aromatic hydroxyl groups is 1. The number of carbonyl (C=O) groups excluding carboxylic acids is 1. The molecule has 0 radical (unpaired) electrons. The van der Waals surface area contributed by atoms with Gasteiger partial charge in [-0.05, 0) is 50.8 Å². The predicted octanol–water partition coefficient (Wildman–Crippen LogP) is 1.39. The van der Waals surface area contributed by atoms with Crippen LogP contribution < -0.4 is 16.0 Å². The van der Waals surface area contributed by atoms with E-state index in [0.29, 0.717) is 24.3 Å². The lowest BCUT2D eigenvalue weighted by Crippen LogP contribution is -2.53. The molecule has 1 aliphatic heterocycles. The number of phenols is 1. The Labute approximate surface area is 112 Å². The molecule has 19 heavy (non-hydrogen) atoms. The van der Waals surface area contributed by atoms with Crippen LogP contribution in [0.4, 0.5) is 0 Å². The molecule has 1 atom stereocenters. The topological polar surface area (TPSA) is 84.6 Å². The van der Waals surface area contributed by atoms with Crippen molar-refractivity contribution in [3.63, 3.8) is 0 Å². The lowest BCUT2D eigenvalue weighted by atomic mass is 9.87. The number of hydrogen-bond donors (Lipinski definition) is 3. The lowest BCUT2D eigenvalue weighted by molar-refractivity contribution is -0.137. The van der Waals surface area contributed by atoms with Gasteiger partial charge in [0, 0.05) is 12.0 Å². The zero-order valence-electron chi connectivity index (χ0n) is 11.8. The van der Waals surface area contributed by atoms with Crippen LogP contribution in [-0.2, 0) is 11.2 Å². The molecule has 1 heterocycles. The van der Waals surface area contributed by atoms with E-state index >= 15 is 0 Å². The third-order valence-electron chi connectivity index (χ3n) is 4.13. The molecule has 0 spiro atoms. The van der Waals surface area contributed by atoms with Crippen molar-refractivity contribution in [1.29, 1.82) is 0 Å². The van der Waals surface area contributed by atoms with Gasteiger partial charge in [-0.1, -0.05) is 0 Å². The molecule has 5 nitrogen and oxygen atoms in total. The van der Waals surface area contributed by atoms with Gasteiger partial charge in [-0.3, -0.25) is 10.2 Å². The monoisotopic (exact) mass is 264 g/mol. The van der Waals surface area contributed by atoms with Crippen LogP contribution in [-0.4, -0.2) is 16.6 Å². The summed E-state index contributed by atoms with van der Waals surface area (Å²) in [7, 11) is 0. The molecule has 4 N–H and O–H groups in total. The predicted molar refractivity (Wildman–Crippen MR) is 72.0 cm³/mol. The van der Waals surface area contributed by atoms with Crippen LogP contribution in [0.2, 0.25) is 0 Å². The number of rotatable bonds is 1. The first-order valence-corrected chi connectivity index (χ1v) is 6.33. The summed E-state index contributed by atoms with van der Waals surface area (Å²) in [5.41, 5.74) is 4.65. The van der Waals surface area contributed by atoms with Crippen LogP contribution in [0.15, 0.2) is 0 Å². The number of amides is 1. The van der Waals surface area contributed by atoms with Gasteiger partial charge in [-0.25, -0.2) is 5.84 Å². The first kappa shape index (κ1) is 13.7. The van der Waals surface area contributed by atoms with E-state index < -0.39 is 5.60 Å². The normalized spacial score (nSPS) is 21.5. The number of ether oxygens (including phenoxy) is 1. The highest BCUT2D eigenvalue weighted by molar-refractivity contribution is 5.85. The van der Waals surface area contributed by atoms with E-state index in [4.69, 9.17) is 10.6 Å². The van der Waals surface area contributed by atoms with Crippen LogP contribution in [0.5, 0.6) is 11.5 Å². The summed E-state index contributed by atoms with van der Waals surface area (Å²) in [6.07, 6.45) is 1.21. The van der Waals surface area contributed by atoms with Crippen molar-refractivity contribution in [3.8, 4) is 11.5 Å². The molecular weight excluding hydrogens is 244 g/mol. The molecular formula is C14H20N2O3. The largest absolute Gasteiger partial charge is 0.507 e. The van der Waals surface area contributed by atoms with Gasteiger partial charge in [0.05, 0.1) is 0 Å². The summed E-state index contributed by atoms with van der Waals surface area (Å²) in [5, 5.41) is 10.1. The molecule has 104 valence electrons. The standard InChI is InChI=1S/C14H20N2O3/c1-7-8(2)12-10(9(3)11(7)17)5-6-14(4,19-12)13(18)16-15/h17H,5-6,15H2,1-4H3,(H,16,18). The molecule has 0 saturated heterocycles. The maximum Gasteiger partial charge on any atom is 0.277 e. The fourth-order valence-corrected chi connectivity index (χ4v) is 2.56. The van der Waals surface area contributed by atoms with E-state index in [1.54, 1.807) is 6.92 Å². The summed E-state index contributed by atoms with van der Waals surface area (Å²) in [4.78, 5) is 11.8. The zero-order chi connectivity index (χ0) is 14.4. The summed E-state index contributed by atoms with van der Waals surface area (Å²) in [5.74, 6) is 5.89. The number of nitrogens with one attached hydrogen (secondary N) is 1. The quantitative estimate of drug-likeness (QED) is 0.406. The van der Waals surface area contributed by atoms with Gasteiger partial charge in [0.1, 0.15) is 11.5 Å². The van der Waals surface area contributed by atoms with Crippen LogP contribution in [0.25, 0.3) is 0 Å². The maximum atomic E-state index is 11.8. The summed E-state index contributed by atoms with van der Waals surface area (Å²) < 4.78 is 5.92. The highest BCUT2D eigenvalue weighted by Gasteiger charge is 2.40. The van der Waals surface area contributed by atoms with Crippen molar-refractivity contribution in [2.75, 3.05) is 0 Å². The number of benzene rings is 1. The SMILES string of the molecule is Cc1c(C)c2c(c(C)c1O)CCC(C)(C(=O)NN)O2. The molecule has 0 bridgehead atoms. The number of fused-ring (bicyclic) bond motifs is 1. The number of phenolic OH excluding ortho intramolecular Hbond substituents is 1. The van der Waals surface area contributed by atoms with Crippen molar-refractivity contribution in [1.82, 2.24) is 5.43 Å². The minimum atomic E-state index is -0.956. The fourth-order valence-electron chi connectivity index (χ4n) is 2.56. The number of hydrazine groups is 1. The average Bonchev–Trinajstić information content (AvgIpc) is 2.41. The molecule has 0 aromatic heterocycles. The van der Waals surface area contributed by atoms with Crippen molar-refractivity contribution in [3.05, 3.63) is 22.3 Å². The molecule has 0 fully saturated rings.